The zero-order valence-electron chi connectivity index (χ0n) is 10.4. The van der Waals surface area contributed by atoms with Gasteiger partial charge in [-0.15, -0.1) is 5.10 Å². The van der Waals surface area contributed by atoms with E-state index in [-0.39, 0.29) is 11.9 Å². The van der Waals surface area contributed by atoms with Gasteiger partial charge in [-0.05, 0) is 35.0 Å². The van der Waals surface area contributed by atoms with E-state index in [1.165, 1.54) is 4.90 Å². The first-order valence-corrected chi connectivity index (χ1v) is 6.26. The van der Waals surface area contributed by atoms with Crippen LogP contribution in [-0.2, 0) is 4.79 Å². The molecule has 0 saturated heterocycles. The minimum Gasteiger partial charge on any atom is -0.347 e. The normalized spacial score (nSPS) is 12.4. The van der Waals surface area contributed by atoms with Crippen LogP contribution in [0.25, 0.3) is 5.65 Å². The van der Waals surface area contributed by atoms with Crippen molar-refractivity contribution in [2.45, 2.75) is 13.0 Å². The largest absolute Gasteiger partial charge is 0.347 e. The van der Waals surface area contributed by atoms with Crippen molar-refractivity contribution in [3.63, 3.8) is 0 Å². The Kier molecular flexibility index (Phi) is 3.51. The Bertz CT molecular complexity index is 580. The van der Waals surface area contributed by atoms with E-state index >= 15 is 0 Å². The molecular formula is C11H14BrN5O. The molecule has 96 valence electrons. The third kappa shape index (κ3) is 2.61. The van der Waals surface area contributed by atoms with Gasteiger partial charge in [0.25, 0.3) is 0 Å². The highest BCUT2D eigenvalue weighted by atomic mass is 79.9. The number of rotatable bonds is 3. The van der Waals surface area contributed by atoms with Crippen molar-refractivity contribution < 1.29 is 4.79 Å². The number of hydrogen-bond acceptors (Lipinski definition) is 4. The first-order chi connectivity index (χ1) is 8.47. The lowest BCUT2D eigenvalue weighted by Gasteiger charge is -2.16. The van der Waals surface area contributed by atoms with E-state index < -0.39 is 0 Å². The van der Waals surface area contributed by atoms with Crippen molar-refractivity contribution in [2.75, 3.05) is 19.4 Å². The van der Waals surface area contributed by atoms with Crippen LogP contribution in [0.5, 0.6) is 0 Å². The number of nitrogens with one attached hydrogen (secondary N) is 1. The number of aromatic nitrogens is 3. The smallest absolute Gasteiger partial charge is 0.244 e. The molecule has 0 aromatic carbocycles. The third-order valence-corrected chi connectivity index (χ3v) is 2.92. The molecule has 1 unspecified atom stereocenters. The predicted molar refractivity (Wildman–Crippen MR) is 72.5 cm³/mol. The average molecular weight is 312 g/mol. The second-order valence-electron chi connectivity index (χ2n) is 4.18. The lowest BCUT2D eigenvalue weighted by Crippen LogP contribution is -2.36. The monoisotopic (exact) mass is 311 g/mol. The molecule has 1 atom stereocenters. The summed E-state index contributed by atoms with van der Waals surface area (Å²) in [6.07, 6.45) is 1.81. The molecule has 0 aliphatic carbocycles. The summed E-state index contributed by atoms with van der Waals surface area (Å²) in [4.78, 5) is 17.5. The number of nitrogens with zero attached hydrogens (tertiary/aromatic N) is 4. The number of likely N-dealkylation sites (N-methyl/N-ethyl adjacent to an activating group) is 1. The molecule has 0 radical (unpaired) electrons. The van der Waals surface area contributed by atoms with Gasteiger partial charge in [0.1, 0.15) is 6.04 Å². The maximum Gasteiger partial charge on any atom is 0.244 e. The van der Waals surface area contributed by atoms with E-state index in [9.17, 15) is 4.79 Å². The number of anilines is 1. The summed E-state index contributed by atoms with van der Waals surface area (Å²) in [6.45, 7) is 1.78. The fourth-order valence-electron chi connectivity index (χ4n) is 1.56. The van der Waals surface area contributed by atoms with Crippen LogP contribution in [0.3, 0.4) is 0 Å². The van der Waals surface area contributed by atoms with Gasteiger partial charge < -0.3 is 10.2 Å². The van der Waals surface area contributed by atoms with Crippen molar-refractivity contribution >= 4 is 33.4 Å². The second kappa shape index (κ2) is 4.93. The maximum absolute atomic E-state index is 11.7. The van der Waals surface area contributed by atoms with Gasteiger partial charge in [-0.3, -0.25) is 4.79 Å². The van der Waals surface area contributed by atoms with Gasteiger partial charge in [-0.2, -0.15) is 4.98 Å². The van der Waals surface area contributed by atoms with Crippen molar-refractivity contribution in [1.82, 2.24) is 19.5 Å². The van der Waals surface area contributed by atoms with Gasteiger partial charge in [0, 0.05) is 24.8 Å². The molecule has 0 aliphatic rings. The van der Waals surface area contributed by atoms with E-state index in [4.69, 9.17) is 0 Å². The fourth-order valence-corrected chi connectivity index (χ4v) is 1.89. The topological polar surface area (TPSA) is 62.5 Å². The number of pyridine rings is 1. The van der Waals surface area contributed by atoms with Crippen LogP contribution < -0.4 is 5.32 Å². The lowest BCUT2D eigenvalue weighted by molar-refractivity contribution is -0.129. The van der Waals surface area contributed by atoms with Gasteiger partial charge in [0.05, 0.1) is 0 Å². The van der Waals surface area contributed by atoms with Gasteiger partial charge in [0.15, 0.2) is 5.65 Å². The highest BCUT2D eigenvalue weighted by Crippen LogP contribution is 2.12. The van der Waals surface area contributed by atoms with Crippen LogP contribution in [0.15, 0.2) is 22.8 Å². The second-order valence-corrected chi connectivity index (χ2v) is 5.10. The van der Waals surface area contributed by atoms with Crippen LogP contribution in [0, 0.1) is 0 Å². The SMILES string of the molecule is CC(Nc1nc2ccc(Br)cn2n1)C(=O)N(C)C. The van der Waals surface area contributed by atoms with E-state index in [1.807, 2.05) is 18.3 Å². The van der Waals surface area contributed by atoms with E-state index in [2.05, 4.69) is 31.3 Å². The number of amides is 1. The molecule has 0 bridgehead atoms. The summed E-state index contributed by atoms with van der Waals surface area (Å²) in [7, 11) is 3.43. The van der Waals surface area contributed by atoms with Gasteiger partial charge in [0.2, 0.25) is 11.9 Å². The number of carbonyl (C=O) groups excluding carboxylic acids is 1. The Morgan fingerprint density at radius 3 is 2.89 bits per heavy atom. The Hall–Kier alpha value is -1.63. The molecule has 2 heterocycles. The lowest BCUT2D eigenvalue weighted by atomic mass is 10.3. The molecule has 2 aromatic rings. The first kappa shape index (κ1) is 12.8. The van der Waals surface area contributed by atoms with Crippen molar-refractivity contribution in [3.05, 3.63) is 22.8 Å². The molecule has 0 saturated carbocycles. The number of halogens is 1. The summed E-state index contributed by atoms with van der Waals surface area (Å²) >= 11 is 3.36. The fraction of sp³-hybridized carbons (Fsp3) is 0.364. The Morgan fingerprint density at radius 1 is 1.50 bits per heavy atom. The van der Waals surface area contributed by atoms with Crippen LogP contribution >= 0.6 is 15.9 Å². The number of carbonyl (C=O) groups is 1. The third-order valence-electron chi connectivity index (χ3n) is 2.45. The van der Waals surface area contributed by atoms with Crippen LogP contribution in [-0.4, -0.2) is 45.5 Å². The molecule has 2 aromatic heterocycles. The van der Waals surface area contributed by atoms with Crippen LogP contribution in [0.1, 0.15) is 6.92 Å². The molecule has 0 spiro atoms. The standard InChI is InChI=1S/C11H14BrN5O/c1-7(10(18)16(2)3)13-11-14-9-5-4-8(12)6-17(9)15-11/h4-7H,1-3H3,(H,13,15). The zero-order valence-corrected chi connectivity index (χ0v) is 12.0. The average Bonchev–Trinajstić information content (AvgIpc) is 2.68. The molecule has 6 nitrogen and oxygen atoms in total. The minimum atomic E-state index is -0.360. The first-order valence-electron chi connectivity index (χ1n) is 5.47. The van der Waals surface area contributed by atoms with Gasteiger partial charge in [-0.25, -0.2) is 4.52 Å². The highest BCUT2D eigenvalue weighted by Gasteiger charge is 2.16. The van der Waals surface area contributed by atoms with Crippen molar-refractivity contribution in [3.8, 4) is 0 Å². The maximum atomic E-state index is 11.7. The molecule has 7 heteroatoms. The molecule has 1 N–H and O–H groups in total. The van der Waals surface area contributed by atoms with Crippen LogP contribution in [0.4, 0.5) is 5.95 Å². The van der Waals surface area contributed by atoms with Crippen molar-refractivity contribution in [1.29, 1.82) is 0 Å². The molecule has 18 heavy (non-hydrogen) atoms. The number of hydrogen-bond donors (Lipinski definition) is 1. The number of fused-ring (bicyclic) bond motifs is 1. The van der Waals surface area contributed by atoms with E-state index in [1.54, 1.807) is 25.5 Å². The Morgan fingerprint density at radius 2 is 2.22 bits per heavy atom. The summed E-state index contributed by atoms with van der Waals surface area (Å²) in [6, 6.07) is 3.38. The minimum absolute atomic E-state index is 0.0185. The zero-order chi connectivity index (χ0) is 13.3. The highest BCUT2D eigenvalue weighted by molar-refractivity contribution is 9.10. The molecule has 0 fully saturated rings. The molecule has 0 aliphatic heterocycles. The summed E-state index contributed by atoms with van der Waals surface area (Å²) in [5.74, 6) is 0.422. The summed E-state index contributed by atoms with van der Waals surface area (Å²) < 4.78 is 2.57. The molecular weight excluding hydrogens is 298 g/mol. The Balaban J connectivity index is 2.19. The summed E-state index contributed by atoms with van der Waals surface area (Å²) in [5.41, 5.74) is 0.727. The Labute approximate surface area is 113 Å². The predicted octanol–water partition coefficient (Wildman–Crippen LogP) is 1.38. The summed E-state index contributed by atoms with van der Waals surface area (Å²) in [5, 5.41) is 7.23. The molecule has 1 amide bonds. The van der Waals surface area contributed by atoms with E-state index in [0.717, 1.165) is 10.1 Å². The van der Waals surface area contributed by atoms with E-state index in [0.29, 0.717) is 5.95 Å². The quantitative estimate of drug-likeness (QED) is 0.930. The van der Waals surface area contributed by atoms with Crippen LogP contribution in [0.2, 0.25) is 0 Å². The molecule has 2 rings (SSSR count). The van der Waals surface area contributed by atoms with Gasteiger partial charge >= 0.3 is 0 Å². The van der Waals surface area contributed by atoms with Gasteiger partial charge in [-0.1, -0.05) is 0 Å². The van der Waals surface area contributed by atoms with Crippen molar-refractivity contribution in [2.24, 2.45) is 0 Å².